The van der Waals surface area contributed by atoms with Crippen molar-refractivity contribution in [2.45, 2.75) is 33.2 Å². The zero-order chi connectivity index (χ0) is 25.7. The van der Waals surface area contributed by atoms with Gasteiger partial charge in [0.1, 0.15) is 5.58 Å². The van der Waals surface area contributed by atoms with E-state index in [4.69, 9.17) is 26.1 Å². The molecule has 3 heterocycles. The van der Waals surface area contributed by atoms with E-state index in [9.17, 15) is 4.79 Å². The van der Waals surface area contributed by atoms with Gasteiger partial charge in [-0.15, -0.1) is 0 Å². The molecule has 3 aromatic heterocycles. The van der Waals surface area contributed by atoms with Gasteiger partial charge in [0.2, 0.25) is 5.82 Å². The number of furan rings is 1. The van der Waals surface area contributed by atoms with Crippen LogP contribution in [0.4, 0.5) is 0 Å². The number of benzene rings is 3. The Kier molecular flexibility index (Phi) is 5.69. The Bertz CT molecular complexity index is 1890. The van der Waals surface area contributed by atoms with Crippen molar-refractivity contribution in [3.63, 3.8) is 0 Å². The van der Waals surface area contributed by atoms with E-state index < -0.39 is 0 Å². The number of nitrogens with zero attached hydrogens (tertiary/aromatic N) is 4. The minimum Gasteiger partial charge on any atom is -0.453 e. The van der Waals surface area contributed by atoms with Gasteiger partial charge in [-0.3, -0.25) is 4.79 Å². The highest BCUT2D eigenvalue weighted by Crippen LogP contribution is 2.31. The smallest absolute Gasteiger partial charge is 0.282 e. The van der Waals surface area contributed by atoms with Crippen molar-refractivity contribution in [3.05, 3.63) is 99.4 Å². The van der Waals surface area contributed by atoms with E-state index >= 15 is 0 Å². The molecule has 1 atom stereocenters. The molecule has 0 spiro atoms. The van der Waals surface area contributed by atoms with Gasteiger partial charge in [-0.05, 0) is 62.7 Å². The first-order chi connectivity index (χ1) is 18.0. The highest BCUT2D eigenvalue weighted by Gasteiger charge is 2.19. The van der Waals surface area contributed by atoms with Gasteiger partial charge in [-0.25, -0.2) is 4.98 Å². The predicted molar refractivity (Wildman–Crippen MR) is 151 cm³/mol. The fourth-order valence-electron chi connectivity index (χ4n) is 4.96. The molecule has 0 saturated carbocycles. The molecule has 6 rings (SSSR count). The van der Waals surface area contributed by atoms with Gasteiger partial charge in [-0.1, -0.05) is 48.9 Å². The van der Waals surface area contributed by atoms with Gasteiger partial charge in [0.15, 0.2) is 5.76 Å². The molecule has 7 heteroatoms. The Morgan fingerprint density at radius 1 is 1.05 bits per heavy atom. The highest BCUT2D eigenvalue weighted by molar-refractivity contribution is 6.31. The standard InChI is InChI=1S/C30H25ClN4O2/c1-4-18(2)34-19(3)24(22-9-6-8-12-26(22)34)17-32-35-29(33-25-11-7-5-10-23(25)30(35)36)28-16-20-15-21(31)13-14-27(20)37-28/h5-18H,4H2,1-3H3/t18-/m1/s1. The van der Waals surface area contributed by atoms with E-state index in [0.717, 1.165) is 34.0 Å². The number of hydrogen-bond donors (Lipinski definition) is 0. The van der Waals surface area contributed by atoms with Crippen LogP contribution in [0.1, 0.15) is 37.6 Å². The number of halogens is 1. The summed E-state index contributed by atoms with van der Waals surface area (Å²) in [6.07, 6.45) is 2.77. The number of fused-ring (bicyclic) bond motifs is 3. The second kappa shape index (κ2) is 9.05. The van der Waals surface area contributed by atoms with Gasteiger partial charge >= 0.3 is 0 Å². The van der Waals surface area contributed by atoms with Crippen molar-refractivity contribution in [3.8, 4) is 11.6 Å². The molecule has 0 radical (unpaired) electrons. The molecule has 184 valence electrons. The first-order valence-corrected chi connectivity index (χ1v) is 12.7. The zero-order valence-corrected chi connectivity index (χ0v) is 21.5. The summed E-state index contributed by atoms with van der Waals surface area (Å²) in [6.45, 7) is 6.49. The molecule has 0 aliphatic carbocycles. The highest BCUT2D eigenvalue weighted by atomic mass is 35.5. The lowest BCUT2D eigenvalue weighted by Crippen LogP contribution is -2.20. The Morgan fingerprint density at radius 2 is 1.81 bits per heavy atom. The van der Waals surface area contributed by atoms with Gasteiger partial charge in [0.05, 0.1) is 17.1 Å². The SMILES string of the molecule is CC[C@@H](C)n1c(C)c(C=Nn2c(-c3cc4cc(Cl)ccc4o3)nc3ccccc3c2=O)c2ccccc21. The van der Waals surface area contributed by atoms with Crippen LogP contribution in [0.5, 0.6) is 0 Å². The van der Waals surface area contributed by atoms with Crippen LogP contribution >= 0.6 is 11.6 Å². The monoisotopic (exact) mass is 508 g/mol. The number of aromatic nitrogens is 3. The second-order valence-electron chi connectivity index (χ2n) is 9.25. The summed E-state index contributed by atoms with van der Waals surface area (Å²) < 4.78 is 9.76. The van der Waals surface area contributed by atoms with Crippen LogP contribution in [0, 0.1) is 6.92 Å². The molecule has 0 bridgehead atoms. The predicted octanol–water partition coefficient (Wildman–Crippen LogP) is 7.58. The molecular formula is C30H25ClN4O2. The van der Waals surface area contributed by atoms with E-state index in [1.54, 1.807) is 24.4 Å². The van der Waals surface area contributed by atoms with Gasteiger partial charge in [0.25, 0.3) is 5.56 Å². The van der Waals surface area contributed by atoms with Gasteiger partial charge in [-0.2, -0.15) is 9.78 Å². The first kappa shape index (κ1) is 23.3. The minimum atomic E-state index is -0.265. The molecular weight excluding hydrogens is 484 g/mol. The fourth-order valence-corrected chi connectivity index (χ4v) is 5.14. The van der Waals surface area contributed by atoms with Gasteiger partial charge < -0.3 is 8.98 Å². The molecule has 0 N–H and O–H groups in total. The number of hydrogen-bond acceptors (Lipinski definition) is 4. The molecule has 0 amide bonds. The molecule has 0 aliphatic heterocycles. The average Bonchev–Trinajstić information content (AvgIpc) is 3.45. The van der Waals surface area contributed by atoms with Crippen molar-refractivity contribution < 1.29 is 4.42 Å². The lowest BCUT2D eigenvalue weighted by Gasteiger charge is -2.15. The summed E-state index contributed by atoms with van der Waals surface area (Å²) >= 11 is 6.19. The Labute approximate surface area is 218 Å². The van der Waals surface area contributed by atoms with Crippen LogP contribution in [-0.2, 0) is 0 Å². The van der Waals surface area contributed by atoms with E-state index in [-0.39, 0.29) is 5.56 Å². The third-order valence-corrected chi connectivity index (χ3v) is 7.23. The third kappa shape index (κ3) is 3.85. The summed E-state index contributed by atoms with van der Waals surface area (Å²) in [7, 11) is 0. The zero-order valence-electron chi connectivity index (χ0n) is 20.8. The van der Waals surface area contributed by atoms with Gasteiger partial charge in [0, 0.05) is 38.6 Å². The van der Waals surface area contributed by atoms with Crippen LogP contribution in [0.2, 0.25) is 5.02 Å². The fraction of sp³-hybridized carbons (Fsp3) is 0.167. The van der Waals surface area contributed by atoms with Crippen molar-refractivity contribution in [2.75, 3.05) is 0 Å². The maximum Gasteiger partial charge on any atom is 0.282 e. The summed E-state index contributed by atoms with van der Waals surface area (Å²) in [5.74, 6) is 0.770. The van der Waals surface area contributed by atoms with E-state index in [0.29, 0.717) is 39.1 Å². The van der Waals surface area contributed by atoms with Crippen molar-refractivity contribution in [1.29, 1.82) is 0 Å². The molecule has 37 heavy (non-hydrogen) atoms. The van der Waals surface area contributed by atoms with E-state index in [1.807, 2.05) is 42.5 Å². The summed E-state index contributed by atoms with van der Waals surface area (Å²) in [4.78, 5) is 18.4. The lowest BCUT2D eigenvalue weighted by atomic mass is 10.1. The lowest BCUT2D eigenvalue weighted by molar-refractivity contribution is 0.537. The van der Waals surface area contributed by atoms with Crippen LogP contribution in [0.3, 0.4) is 0 Å². The van der Waals surface area contributed by atoms with Crippen molar-refractivity contribution in [2.24, 2.45) is 5.10 Å². The molecule has 6 aromatic rings. The van der Waals surface area contributed by atoms with E-state index in [2.05, 4.69) is 37.5 Å². The molecule has 0 aliphatic rings. The Balaban J connectivity index is 1.59. The maximum absolute atomic E-state index is 13.7. The van der Waals surface area contributed by atoms with Crippen LogP contribution in [-0.4, -0.2) is 20.4 Å². The number of rotatable bonds is 5. The van der Waals surface area contributed by atoms with Crippen LogP contribution in [0.15, 0.2) is 87.1 Å². The molecule has 0 unspecified atom stereocenters. The Hall–Kier alpha value is -4.16. The summed E-state index contributed by atoms with van der Waals surface area (Å²) in [5.41, 5.74) is 4.19. The molecule has 3 aromatic carbocycles. The molecule has 0 fully saturated rings. The topological polar surface area (TPSA) is 65.3 Å². The first-order valence-electron chi connectivity index (χ1n) is 12.3. The van der Waals surface area contributed by atoms with Crippen molar-refractivity contribution in [1.82, 2.24) is 14.2 Å². The molecule has 0 saturated heterocycles. The number of para-hydroxylation sites is 2. The maximum atomic E-state index is 13.7. The normalized spacial score (nSPS) is 12.9. The second-order valence-corrected chi connectivity index (χ2v) is 9.69. The Morgan fingerprint density at radius 3 is 2.62 bits per heavy atom. The average molecular weight is 509 g/mol. The minimum absolute atomic E-state index is 0.265. The largest absolute Gasteiger partial charge is 0.453 e. The quantitative estimate of drug-likeness (QED) is 0.225. The van der Waals surface area contributed by atoms with Crippen LogP contribution < -0.4 is 5.56 Å². The third-order valence-electron chi connectivity index (χ3n) is 6.99. The van der Waals surface area contributed by atoms with Crippen LogP contribution in [0.25, 0.3) is 44.4 Å². The summed E-state index contributed by atoms with van der Waals surface area (Å²) in [6, 6.07) is 23.1. The van der Waals surface area contributed by atoms with Crippen molar-refractivity contribution >= 4 is 50.6 Å². The molecule has 6 nitrogen and oxygen atoms in total. The summed E-state index contributed by atoms with van der Waals surface area (Å²) in [5, 5.41) is 7.73. The van der Waals surface area contributed by atoms with E-state index in [1.165, 1.54) is 4.68 Å².